The Hall–Kier alpha value is -0.640. The fraction of sp³-hybridized carbons (Fsp3) is 0.667. The van der Waals surface area contributed by atoms with Crippen LogP contribution in [0.5, 0.6) is 0 Å². The van der Waals surface area contributed by atoms with Crippen molar-refractivity contribution in [3.63, 3.8) is 0 Å². The molecule has 0 aromatic carbocycles. The summed E-state index contributed by atoms with van der Waals surface area (Å²) in [5, 5.41) is 4.32. The maximum atomic E-state index is 5.93. The third kappa shape index (κ3) is 1.68. The highest BCUT2D eigenvalue weighted by Crippen LogP contribution is 2.28. The van der Waals surface area contributed by atoms with Gasteiger partial charge in [-0.1, -0.05) is 0 Å². The van der Waals surface area contributed by atoms with Gasteiger partial charge in [-0.15, -0.1) is 0 Å². The van der Waals surface area contributed by atoms with Crippen molar-refractivity contribution in [1.29, 1.82) is 0 Å². The molecule has 1 aromatic heterocycles. The van der Waals surface area contributed by atoms with Crippen molar-refractivity contribution in [2.45, 2.75) is 25.8 Å². The first-order valence-electron chi connectivity index (χ1n) is 4.66. The number of nitrogens with two attached hydrogens (primary N) is 1. The molecule has 1 saturated heterocycles. The summed E-state index contributed by atoms with van der Waals surface area (Å²) in [5.41, 5.74) is 7.02. The lowest BCUT2D eigenvalue weighted by atomic mass is 10.1. The largest absolute Gasteiger partial charge is 0.384 e. The van der Waals surface area contributed by atoms with Gasteiger partial charge in [0.1, 0.15) is 5.82 Å². The zero-order chi connectivity index (χ0) is 9.26. The summed E-state index contributed by atoms with van der Waals surface area (Å²) in [6.07, 6.45) is 4.27. The van der Waals surface area contributed by atoms with E-state index in [9.17, 15) is 0 Å². The highest BCUT2D eigenvalue weighted by atomic mass is 32.2. The van der Waals surface area contributed by atoms with Crippen LogP contribution >= 0.6 is 11.8 Å². The Labute approximate surface area is 82.7 Å². The number of nitrogens with zero attached hydrogens (tertiary/aromatic N) is 2. The van der Waals surface area contributed by atoms with Crippen LogP contribution in [0.2, 0.25) is 0 Å². The summed E-state index contributed by atoms with van der Waals surface area (Å²) in [6.45, 7) is 2.01. The van der Waals surface area contributed by atoms with E-state index >= 15 is 0 Å². The highest BCUT2D eigenvalue weighted by molar-refractivity contribution is 7.99. The zero-order valence-electron chi connectivity index (χ0n) is 7.86. The molecule has 2 rings (SSSR count). The number of aryl methyl sites for hydroxylation is 1. The fourth-order valence-electron chi connectivity index (χ4n) is 1.68. The van der Waals surface area contributed by atoms with E-state index in [4.69, 9.17) is 5.73 Å². The van der Waals surface area contributed by atoms with Gasteiger partial charge in [-0.05, 0) is 31.3 Å². The van der Waals surface area contributed by atoms with E-state index in [1.807, 2.05) is 29.6 Å². The van der Waals surface area contributed by atoms with Crippen LogP contribution in [-0.4, -0.2) is 21.3 Å². The molecule has 4 heteroatoms. The fourth-order valence-corrected chi connectivity index (χ4v) is 2.76. The van der Waals surface area contributed by atoms with Gasteiger partial charge in [0.25, 0.3) is 0 Å². The predicted octanol–water partition coefficient (Wildman–Crippen LogP) is 1.84. The van der Waals surface area contributed by atoms with Crippen LogP contribution in [-0.2, 0) is 0 Å². The van der Waals surface area contributed by atoms with Gasteiger partial charge in [-0.3, -0.25) is 0 Å². The van der Waals surface area contributed by atoms with E-state index in [1.54, 1.807) is 0 Å². The predicted molar refractivity (Wildman–Crippen MR) is 57.0 cm³/mol. The maximum Gasteiger partial charge on any atom is 0.124 e. The molecule has 0 amide bonds. The average molecular weight is 197 g/mol. The van der Waals surface area contributed by atoms with Gasteiger partial charge in [0.15, 0.2) is 0 Å². The van der Waals surface area contributed by atoms with Crippen LogP contribution in [0.1, 0.15) is 24.4 Å². The summed E-state index contributed by atoms with van der Waals surface area (Å²) >= 11 is 2.02. The molecule has 0 atom stereocenters. The van der Waals surface area contributed by atoms with Gasteiger partial charge in [0.05, 0.1) is 12.2 Å². The molecule has 1 aliphatic rings. The lowest BCUT2D eigenvalue weighted by Gasteiger charge is -2.22. The average Bonchev–Trinajstić information content (AvgIpc) is 2.49. The van der Waals surface area contributed by atoms with Crippen LogP contribution in [0.25, 0.3) is 0 Å². The molecular formula is C9H15N3S. The first-order chi connectivity index (χ1) is 6.29. The van der Waals surface area contributed by atoms with Gasteiger partial charge in [-0.2, -0.15) is 16.9 Å². The second kappa shape index (κ2) is 3.62. The normalized spacial score (nSPS) is 19.2. The monoisotopic (exact) mass is 197 g/mol. The topological polar surface area (TPSA) is 43.8 Å². The summed E-state index contributed by atoms with van der Waals surface area (Å²) in [7, 11) is 0. The summed E-state index contributed by atoms with van der Waals surface area (Å²) < 4.78 is 2.00. The van der Waals surface area contributed by atoms with E-state index < -0.39 is 0 Å². The van der Waals surface area contributed by atoms with Crippen molar-refractivity contribution in [1.82, 2.24) is 9.78 Å². The Morgan fingerprint density at radius 1 is 1.54 bits per heavy atom. The Morgan fingerprint density at radius 2 is 2.23 bits per heavy atom. The maximum absolute atomic E-state index is 5.93. The van der Waals surface area contributed by atoms with Crippen molar-refractivity contribution >= 4 is 17.6 Å². The smallest absolute Gasteiger partial charge is 0.124 e. The number of rotatable bonds is 1. The third-order valence-electron chi connectivity index (χ3n) is 2.56. The SMILES string of the molecule is Cc1cnn(C2CCSCC2)c1N. The first-order valence-corrected chi connectivity index (χ1v) is 5.82. The molecule has 2 N–H and O–H groups in total. The summed E-state index contributed by atoms with van der Waals surface area (Å²) in [6, 6.07) is 0.537. The van der Waals surface area contributed by atoms with Crippen LogP contribution in [0.15, 0.2) is 6.20 Å². The van der Waals surface area contributed by atoms with Crippen molar-refractivity contribution in [3.05, 3.63) is 11.8 Å². The minimum atomic E-state index is 0.537. The number of thioether (sulfide) groups is 1. The highest BCUT2D eigenvalue weighted by Gasteiger charge is 2.18. The van der Waals surface area contributed by atoms with Crippen LogP contribution in [0, 0.1) is 6.92 Å². The quantitative estimate of drug-likeness (QED) is 0.747. The molecule has 13 heavy (non-hydrogen) atoms. The third-order valence-corrected chi connectivity index (χ3v) is 3.61. The standard InChI is InChI=1S/C9H15N3S/c1-7-6-11-12(9(7)10)8-2-4-13-5-3-8/h6,8H,2-5,10H2,1H3. The van der Waals surface area contributed by atoms with E-state index in [-0.39, 0.29) is 0 Å². The molecule has 0 unspecified atom stereocenters. The molecule has 0 spiro atoms. The van der Waals surface area contributed by atoms with Crippen molar-refractivity contribution < 1.29 is 0 Å². The molecule has 0 bridgehead atoms. The van der Waals surface area contributed by atoms with Gasteiger partial charge in [0, 0.05) is 5.56 Å². The molecule has 1 aromatic rings. The van der Waals surface area contributed by atoms with E-state index in [2.05, 4.69) is 5.10 Å². The van der Waals surface area contributed by atoms with Crippen molar-refractivity contribution in [3.8, 4) is 0 Å². The Bertz CT molecular complexity index is 289. The second-order valence-corrected chi connectivity index (χ2v) is 4.73. The van der Waals surface area contributed by atoms with Gasteiger partial charge in [-0.25, -0.2) is 4.68 Å². The summed E-state index contributed by atoms with van der Waals surface area (Å²) in [4.78, 5) is 0. The summed E-state index contributed by atoms with van der Waals surface area (Å²) in [5.74, 6) is 3.32. The van der Waals surface area contributed by atoms with Crippen LogP contribution < -0.4 is 5.73 Å². The lowest BCUT2D eigenvalue weighted by Crippen LogP contribution is -2.18. The van der Waals surface area contributed by atoms with E-state index in [1.165, 1.54) is 24.3 Å². The molecule has 0 aliphatic carbocycles. The molecular weight excluding hydrogens is 182 g/mol. The lowest BCUT2D eigenvalue weighted by molar-refractivity contribution is 0.432. The van der Waals surface area contributed by atoms with Gasteiger partial charge < -0.3 is 5.73 Å². The van der Waals surface area contributed by atoms with Crippen molar-refractivity contribution in [2.75, 3.05) is 17.2 Å². The Kier molecular flexibility index (Phi) is 2.49. The van der Waals surface area contributed by atoms with Crippen LogP contribution in [0.3, 0.4) is 0 Å². The minimum absolute atomic E-state index is 0.537. The zero-order valence-corrected chi connectivity index (χ0v) is 8.68. The Balaban J connectivity index is 2.18. The number of anilines is 1. The number of aromatic nitrogens is 2. The van der Waals surface area contributed by atoms with E-state index in [0.29, 0.717) is 6.04 Å². The van der Waals surface area contributed by atoms with Gasteiger partial charge >= 0.3 is 0 Å². The number of hydrogen-bond acceptors (Lipinski definition) is 3. The molecule has 72 valence electrons. The minimum Gasteiger partial charge on any atom is -0.384 e. The van der Waals surface area contributed by atoms with Crippen molar-refractivity contribution in [2.24, 2.45) is 0 Å². The molecule has 0 radical (unpaired) electrons. The Morgan fingerprint density at radius 3 is 2.77 bits per heavy atom. The molecule has 1 fully saturated rings. The molecule has 1 aliphatic heterocycles. The molecule has 3 nitrogen and oxygen atoms in total. The molecule has 0 saturated carbocycles. The van der Waals surface area contributed by atoms with Crippen LogP contribution in [0.4, 0.5) is 5.82 Å². The second-order valence-electron chi connectivity index (χ2n) is 3.50. The molecule has 2 heterocycles. The van der Waals surface area contributed by atoms with E-state index in [0.717, 1.165) is 11.4 Å². The van der Waals surface area contributed by atoms with Gasteiger partial charge in [0.2, 0.25) is 0 Å². The first kappa shape index (κ1) is 8.94. The number of nitrogen functional groups attached to an aromatic ring is 1. The number of hydrogen-bond donors (Lipinski definition) is 1.